The molecule has 0 saturated heterocycles. The number of benzene rings is 2. The zero-order valence-corrected chi connectivity index (χ0v) is 14.8. The van der Waals surface area contributed by atoms with Crippen molar-refractivity contribution in [1.82, 2.24) is 10.3 Å². The number of H-pyrrole nitrogens is 1. The van der Waals surface area contributed by atoms with E-state index in [1.165, 1.54) is 0 Å². The summed E-state index contributed by atoms with van der Waals surface area (Å²) in [4.78, 5) is 26.7. The molecule has 1 amide bonds. The SMILES string of the molecule is COc1ccc(CNC(=O)Cc2c(C(=O)O)[nH]c3ccc(Cl)cc23)cc1. The number of aromatic amines is 1. The smallest absolute Gasteiger partial charge is 0.352 e. The van der Waals surface area contributed by atoms with Crippen LogP contribution >= 0.6 is 11.6 Å². The zero-order chi connectivity index (χ0) is 18.7. The first-order valence-corrected chi connectivity index (χ1v) is 8.28. The molecule has 1 aromatic heterocycles. The lowest BCUT2D eigenvalue weighted by Gasteiger charge is -2.07. The fraction of sp³-hybridized carbons (Fsp3) is 0.158. The van der Waals surface area contributed by atoms with Crippen molar-refractivity contribution in [1.29, 1.82) is 0 Å². The van der Waals surface area contributed by atoms with Gasteiger partial charge in [-0.15, -0.1) is 0 Å². The number of hydrogen-bond donors (Lipinski definition) is 3. The van der Waals surface area contributed by atoms with Crippen molar-refractivity contribution in [3.8, 4) is 5.75 Å². The van der Waals surface area contributed by atoms with Crippen LogP contribution in [0.2, 0.25) is 5.02 Å². The fourth-order valence-corrected chi connectivity index (χ4v) is 2.93. The predicted molar refractivity (Wildman–Crippen MR) is 98.8 cm³/mol. The molecule has 0 radical (unpaired) electrons. The second kappa shape index (κ2) is 7.49. The standard InChI is InChI=1S/C19H17ClN2O4/c1-26-13-5-2-11(3-6-13)10-21-17(23)9-15-14-8-12(20)4-7-16(14)22-18(15)19(24)25/h2-8,22H,9-10H2,1H3,(H,21,23)(H,24,25). The molecule has 0 spiro atoms. The highest BCUT2D eigenvalue weighted by Crippen LogP contribution is 2.26. The summed E-state index contributed by atoms with van der Waals surface area (Å²) in [7, 11) is 1.59. The highest BCUT2D eigenvalue weighted by molar-refractivity contribution is 6.31. The van der Waals surface area contributed by atoms with Gasteiger partial charge in [0.2, 0.25) is 5.91 Å². The van der Waals surface area contributed by atoms with Crippen LogP contribution in [0.4, 0.5) is 0 Å². The molecular weight excluding hydrogens is 356 g/mol. The number of hydrogen-bond acceptors (Lipinski definition) is 3. The van der Waals surface area contributed by atoms with E-state index in [0.717, 1.165) is 11.3 Å². The molecule has 3 aromatic rings. The molecule has 0 atom stereocenters. The van der Waals surface area contributed by atoms with Crippen molar-refractivity contribution < 1.29 is 19.4 Å². The average Bonchev–Trinajstić information content (AvgIpc) is 2.98. The number of ether oxygens (including phenoxy) is 1. The molecule has 1 heterocycles. The first kappa shape index (κ1) is 17.8. The van der Waals surface area contributed by atoms with Gasteiger partial charge in [-0.2, -0.15) is 0 Å². The number of aromatic nitrogens is 1. The summed E-state index contributed by atoms with van der Waals surface area (Å²) >= 11 is 6.01. The second-order valence-corrected chi connectivity index (χ2v) is 6.21. The Morgan fingerprint density at radius 1 is 1.19 bits per heavy atom. The third-order valence-electron chi connectivity index (χ3n) is 4.07. The minimum Gasteiger partial charge on any atom is -0.497 e. The van der Waals surface area contributed by atoms with Crippen LogP contribution in [0, 0.1) is 0 Å². The molecule has 3 N–H and O–H groups in total. The quantitative estimate of drug-likeness (QED) is 0.618. The van der Waals surface area contributed by atoms with Gasteiger partial charge in [-0.3, -0.25) is 4.79 Å². The van der Waals surface area contributed by atoms with Crippen molar-refractivity contribution in [2.45, 2.75) is 13.0 Å². The van der Waals surface area contributed by atoms with E-state index in [1.807, 2.05) is 24.3 Å². The van der Waals surface area contributed by atoms with Gasteiger partial charge in [0.05, 0.1) is 13.5 Å². The summed E-state index contributed by atoms with van der Waals surface area (Å²) in [5, 5.41) is 13.3. The number of halogens is 1. The Kier molecular flexibility index (Phi) is 5.14. The first-order chi connectivity index (χ1) is 12.5. The van der Waals surface area contributed by atoms with E-state index in [-0.39, 0.29) is 18.0 Å². The molecule has 0 saturated carbocycles. The van der Waals surface area contributed by atoms with E-state index in [2.05, 4.69) is 10.3 Å². The largest absolute Gasteiger partial charge is 0.497 e. The summed E-state index contributed by atoms with van der Waals surface area (Å²) in [5.41, 5.74) is 1.97. The summed E-state index contributed by atoms with van der Waals surface area (Å²) < 4.78 is 5.09. The number of carboxylic acid groups (broad SMARTS) is 1. The number of carbonyl (C=O) groups excluding carboxylic acids is 1. The predicted octanol–water partition coefficient (Wildman–Crippen LogP) is 3.39. The molecule has 26 heavy (non-hydrogen) atoms. The van der Waals surface area contributed by atoms with Crippen LogP contribution in [0.1, 0.15) is 21.6 Å². The highest BCUT2D eigenvalue weighted by Gasteiger charge is 2.19. The van der Waals surface area contributed by atoms with Crippen molar-refractivity contribution >= 4 is 34.4 Å². The van der Waals surface area contributed by atoms with Crippen LogP contribution in [0.15, 0.2) is 42.5 Å². The van der Waals surface area contributed by atoms with Crippen molar-refractivity contribution in [2.75, 3.05) is 7.11 Å². The lowest BCUT2D eigenvalue weighted by molar-refractivity contribution is -0.120. The minimum atomic E-state index is -1.12. The van der Waals surface area contributed by atoms with E-state index >= 15 is 0 Å². The number of amides is 1. The van der Waals surface area contributed by atoms with E-state index in [0.29, 0.717) is 28.0 Å². The van der Waals surface area contributed by atoms with Crippen molar-refractivity contribution in [3.05, 3.63) is 64.3 Å². The Hall–Kier alpha value is -2.99. The number of carboxylic acids is 1. The fourth-order valence-electron chi connectivity index (χ4n) is 2.75. The van der Waals surface area contributed by atoms with E-state index in [4.69, 9.17) is 16.3 Å². The van der Waals surface area contributed by atoms with Gasteiger partial charge in [-0.1, -0.05) is 23.7 Å². The maximum Gasteiger partial charge on any atom is 0.352 e. The third-order valence-corrected chi connectivity index (χ3v) is 4.30. The third kappa shape index (κ3) is 3.81. The number of carbonyl (C=O) groups is 2. The molecule has 0 aliphatic carbocycles. The van der Waals surface area contributed by atoms with Crippen molar-refractivity contribution in [2.24, 2.45) is 0 Å². The second-order valence-electron chi connectivity index (χ2n) is 5.78. The Morgan fingerprint density at radius 2 is 1.92 bits per heavy atom. The van der Waals surface area contributed by atoms with E-state index < -0.39 is 5.97 Å². The van der Waals surface area contributed by atoms with E-state index in [1.54, 1.807) is 25.3 Å². The summed E-state index contributed by atoms with van der Waals surface area (Å²) in [5.74, 6) is -0.652. The molecule has 2 aromatic carbocycles. The zero-order valence-electron chi connectivity index (χ0n) is 14.0. The van der Waals surface area contributed by atoms with Crippen LogP contribution in [0.3, 0.4) is 0 Å². The normalized spacial score (nSPS) is 10.7. The van der Waals surface area contributed by atoms with Crippen molar-refractivity contribution in [3.63, 3.8) is 0 Å². The van der Waals surface area contributed by atoms with Gasteiger partial charge in [0.15, 0.2) is 0 Å². The summed E-state index contributed by atoms with van der Waals surface area (Å²) in [6.07, 6.45) is -0.0574. The van der Waals surface area contributed by atoms with Gasteiger partial charge in [-0.25, -0.2) is 4.79 Å². The van der Waals surface area contributed by atoms with Crippen LogP contribution < -0.4 is 10.1 Å². The van der Waals surface area contributed by atoms with Gasteiger partial charge in [-0.05, 0) is 35.9 Å². The Bertz CT molecular complexity index is 964. The summed E-state index contributed by atoms with van der Waals surface area (Å²) in [6, 6.07) is 12.4. The first-order valence-electron chi connectivity index (χ1n) is 7.91. The molecule has 0 aliphatic rings. The minimum absolute atomic E-state index is 0.00173. The Balaban J connectivity index is 1.76. The number of aromatic carboxylic acids is 1. The monoisotopic (exact) mass is 372 g/mol. The molecule has 3 rings (SSSR count). The maximum absolute atomic E-state index is 12.3. The summed E-state index contributed by atoms with van der Waals surface area (Å²) in [6.45, 7) is 0.342. The highest BCUT2D eigenvalue weighted by atomic mass is 35.5. The van der Waals surface area contributed by atoms with Crippen LogP contribution in [0.5, 0.6) is 5.75 Å². The molecule has 6 nitrogen and oxygen atoms in total. The van der Waals surface area contributed by atoms with Crippen LogP contribution in [-0.2, 0) is 17.8 Å². The maximum atomic E-state index is 12.3. The number of fused-ring (bicyclic) bond motifs is 1. The van der Waals surface area contributed by atoms with Gasteiger partial charge >= 0.3 is 5.97 Å². The molecule has 0 aliphatic heterocycles. The van der Waals surface area contributed by atoms with Gasteiger partial charge in [0.1, 0.15) is 11.4 Å². The molecule has 134 valence electrons. The number of methoxy groups -OCH3 is 1. The topological polar surface area (TPSA) is 91.4 Å². The van der Waals surface area contributed by atoms with Crippen LogP contribution in [-0.4, -0.2) is 29.1 Å². The lowest BCUT2D eigenvalue weighted by Crippen LogP contribution is -2.25. The average molecular weight is 373 g/mol. The molecule has 0 fully saturated rings. The number of nitrogens with one attached hydrogen (secondary N) is 2. The van der Waals surface area contributed by atoms with E-state index in [9.17, 15) is 14.7 Å². The molecule has 0 bridgehead atoms. The molecule has 7 heteroatoms. The molecular formula is C19H17ClN2O4. The van der Waals surface area contributed by atoms with Gasteiger partial charge < -0.3 is 20.1 Å². The van der Waals surface area contributed by atoms with Gasteiger partial charge in [0, 0.05) is 28.0 Å². The lowest BCUT2D eigenvalue weighted by atomic mass is 10.1. The van der Waals surface area contributed by atoms with Gasteiger partial charge in [0.25, 0.3) is 0 Å². The molecule has 0 unspecified atom stereocenters. The Labute approximate surface area is 154 Å². The Morgan fingerprint density at radius 3 is 2.58 bits per heavy atom. The van der Waals surface area contributed by atoms with Crippen LogP contribution in [0.25, 0.3) is 10.9 Å². The number of rotatable bonds is 6.